The van der Waals surface area contributed by atoms with Crippen LogP contribution in [0.2, 0.25) is 0 Å². The Bertz CT molecular complexity index is 599. The molecular weight excluding hydrogens is 214 g/mol. The first-order chi connectivity index (χ1) is 8.13. The SMILES string of the molecule is CC1(C(=O)O)CCCc2c1[nH]c1ccccc21. The molecule has 1 aromatic heterocycles. The number of aromatic amines is 1. The summed E-state index contributed by atoms with van der Waals surface area (Å²) in [7, 11) is 0. The number of rotatable bonds is 1. The van der Waals surface area contributed by atoms with E-state index >= 15 is 0 Å². The third kappa shape index (κ3) is 1.32. The minimum absolute atomic E-state index is 0.710. The molecule has 3 rings (SSSR count). The van der Waals surface area contributed by atoms with E-state index in [1.807, 2.05) is 25.1 Å². The number of nitrogens with one attached hydrogen (secondary N) is 1. The van der Waals surface area contributed by atoms with Crippen LogP contribution in [0.5, 0.6) is 0 Å². The van der Waals surface area contributed by atoms with Gasteiger partial charge in [-0.2, -0.15) is 0 Å². The summed E-state index contributed by atoms with van der Waals surface area (Å²) < 4.78 is 0. The van der Waals surface area contributed by atoms with Crippen molar-refractivity contribution in [2.24, 2.45) is 0 Å². The minimum atomic E-state index is -0.757. The van der Waals surface area contributed by atoms with E-state index in [2.05, 4.69) is 11.1 Å². The van der Waals surface area contributed by atoms with E-state index in [-0.39, 0.29) is 0 Å². The van der Waals surface area contributed by atoms with Crippen molar-refractivity contribution >= 4 is 16.9 Å². The number of carboxylic acid groups (broad SMARTS) is 1. The molecule has 2 N–H and O–H groups in total. The highest BCUT2D eigenvalue weighted by atomic mass is 16.4. The molecule has 1 aliphatic rings. The molecule has 0 saturated carbocycles. The van der Waals surface area contributed by atoms with Gasteiger partial charge in [-0.25, -0.2) is 0 Å². The van der Waals surface area contributed by atoms with Crippen molar-refractivity contribution in [3.8, 4) is 0 Å². The number of carbonyl (C=O) groups is 1. The maximum absolute atomic E-state index is 11.5. The van der Waals surface area contributed by atoms with Crippen LogP contribution >= 0.6 is 0 Å². The second-order valence-corrected chi connectivity index (χ2v) is 5.01. The van der Waals surface area contributed by atoms with Crippen molar-refractivity contribution < 1.29 is 9.90 Å². The standard InChI is InChI=1S/C14H15NO2/c1-14(13(16)17)8-4-6-10-9-5-2-3-7-11(9)15-12(10)14/h2-3,5,7,15H,4,6,8H2,1H3,(H,16,17). The zero-order valence-electron chi connectivity index (χ0n) is 9.79. The summed E-state index contributed by atoms with van der Waals surface area (Å²) in [6, 6.07) is 8.06. The molecule has 0 amide bonds. The molecule has 0 spiro atoms. The van der Waals surface area contributed by atoms with Crippen molar-refractivity contribution in [3.05, 3.63) is 35.5 Å². The van der Waals surface area contributed by atoms with Crippen molar-refractivity contribution in [1.82, 2.24) is 4.98 Å². The Morgan fingerprint density at radius 1 is 1.41 bits per heavy atom. The van der Waals surface area contributed by atoms with Gasteiger partial charge in [-0.1, -0.05) is 18.2 Å². The lowest BCUT2D eigenvalue weighted by atomic mass is 9.75. The second-order valence-electron chi connectivity index (χ2n) is 5.01. The Balaban J connectivity index is 2.31. The second kappa shape index (κ2) is 3.36. The number of benzene rings is 1. The normalized spacial score (nSPS) is 23.6. The largest absolute Gasteiger partial charge is 0.481 e. The van der Waals surface area contributed by atoms with Crippen molar-refractivity contribution in [2.75, 3.05) is 0 Å². The lowest BCUT2D eigenvalue weighted by Gasteiger charge is -2.29. The van der Waals surface area contributed by atoms with E-state index in [1.54, 1.807) is 0 Å². The van der Waals surface area contributed by atoms with Gasteiger partial charge in [0.25, 0.3) is 0 Å². The molecule has 1 aliphatic carbocycles. The molecule has 2 aromatic rings. The van der Waals surface area contributed by atoms with Crippen LogP contribution in [-0.4, -0.2) is 16.1 Å². The minimum Gasteiger partial charge on any atom is -0.481 e. The summed E-state index contributed by atoms with van der Waals surface area (Å²) >= 11 is 0. The Kier molecular flexibility index (Phi) is 2.05. The molecule has 3 heteroatoms. The van der Waals surface area contributed by atoms with Gasteiger partial charge in [0.05, 0.1) is 0 Å². The van der Waals surface area contributed by atoms with Gasteiger partial charge in [-0.05, 0) is 37.8 Å². The zero-order valence-corrected chi connectivity index (χ0v) is 9.79. The number of hydrogen-bond acceptors (Lipinski definition) is 1. The Labute approximate surface area is 99.5 Å². The summed E-state index contributed by atoms with van der Waals surface area (Å²) in [6.45, 7) is 1.82. The molecule has 0 bridgehead atoms. The quantitative estimate of drug-likeness (QED) is 0.790. The summed E-state index contributed by atoms with van der Waals surface area (Å²) in [5, 5.41) is 10.6. The molecule has 3 nitrogen and oxygen atoms in total. The van der Waals surface area contributed by atoms with Gasteiger partial charge in [-0.15, -0.1) is 0 Å². The fourth-order valence-electron chi connectivity index (χ4n) is 2.89. The predicted molar refractivity (Wildman–Crippen MR) is 66.2 cm³/mol. The highest BCUT2D eigenvalue weighted by Gasteiger charge is 2.41. The molecule has 17 heavy (non-hydrogen) atoms. The number of carboxylic acids is 1. The number of hydrogen-bond donors (Lipinski definition) is 2. The van der Waals surface area contributed by atoms with Gasteiger partial charge in [0.15, 0.2) is 0 Å². The Hall–Kier alpha value is -1.77. The average molecular weight is 229 g/mol. The number of para-hydroxylation sites is 1. The van der Waals surface area contributed by atoms with Crippen LogP contribution in [0, 0.1) is 0 Å². The van der Waals surface area contributed by atoms with Crippen LogP contribution in [0.15, 0.2) is 24.3 Å². The van der Waals surface area contributed by atoms with E-state index in [9.17, 15) is 9.90 Å². The van der Waals surface area contributed by atoms with E-state index in [4.69, 9.17) is 0 Å². The third-order valence-electron chi connectivity index (χ3n) is 3.94. The van der Waals surface area contributed by atoms with Crippen LogP contribution in [0.25, 0.3) is 10.9 Å². The molecule has 0 radical (unpaired) electrons. The van der Waals surface area contributed by atoms with Crippen LogP contribution in [-0.2, 0) is 16.6 Å². The van der Waals surface area contributed by atoms with Crippen molar-refractivity contribution in [2.45, 2.75) is 31.6 Å². The molecule has 88 valence electrons. The lowest BCUT2D eigenvalue weighted by Crippen LogP contribution is -2.36. The van der Waals surface area contributed by atoms with Gasteiger partial charge < -0.3 is 10.1 Å². The number of aliphatic carboxylic acids is 1. The highest BCUT2D eigenvalue weighted by molar-refractivity contribution is 5.90. The van der Waals surface area contributed by atoms with Crippen LogP contribution in [0.3, 0.4) is 0 Å². The number of H-pyrrole nitrogens is 1. The van der Waals surface area contributed by atoms with Gasteiger partial charge in [0, 0.05) is 16.6 Å². The van der Waals surface area contributed by atoms with Crippen molar-refractivity contribution in [3.63, 3.8) is 0 Å². The molecule has 0 fully saturated rings. The van der Waals surface area contributed by atoms with E-state index in [0.29, 0.717) is 6.42 Å². The summed E-state index contributed by atoms with van der Waals surface area (Å²) in [5.74, 6) is -0.731. The Morgan fingerprint density at radius 2 is 2.18 bits per heavy atom. The lowest BCUT2D eigenvalue weighted by molar-refractivity contribution is -0.143. The molecule has 1 atom stereocenters. The third-order valence-corrected chi connectivity index (χ3v) is 3.94. The maximum Gasteiger partial charge on any atom is 0.315 e. The van der Waals surface area contributed by atoms with E-state index in [1.165, 1.54) is 10.9 Å². The first-order valence-corrected chi connectivity index (χ1v) is 5.96. The summed E-state index contributed by atoms with van der Waals surface area (Å²) in [5.41, 5.74) is 2.38. The fourth-order valence-corrected chi connectivity index (χ4v) is 2.89. The highest BCUT2D eigenvalue weighted by Crippen LogP contribution is 2.40. The summed E-state index contributed by atoms with van der Waals surface area (Å²) in [6.07, 6.45) is 2.63. The first-order valence-electron chi connectivity index (χ1n) is 5.96. The topological polar surface area (TPSA) is 53.1 Å². The fraction of sp³-hybridized carbons (Fsp3) is 0.357. The predicted octanol–water partition coefficient (Wildman–Crippen LogP) is 2.85. The molecule has 1 aromatic carbocycles. The number of aromatic nitrogens is 1. The molecular formula is C14H15NO2. The summed E-state index contributed by atoms with van der Waals surface area (Å²) in [4.78, 5) is 14.8. The van der Waals surface area contributed by atoms with Crippen LogP contribution in [0.4, 0.5) is 0 Å². The van der Waals surface area contributed by atoms with Gasteiger partial charge in [0.1, 0.15) is 5.41 Å². The van der Waals surface area contributed by atoms with Gasteiger partial charge in [-0.3, -0.25) is 4.79 Å². The van der Waals surface area contributed by atoms with Crippen LogP contribution in [0.1, 0.15) is 31.0 Å². The maximum atomic E-state index is 11.5. The van der Waals surface area contributed by atoms with Crippen molar-refractivity contribution in [1.29, 1.82) is 0 Å². The van der Waals surface area contributed by atoms with E-state index < -0.39 is 11.4 Å². The number of aryl methyl sites for hydroxylation is 1. The smallest absolute Gasteiger partial charge is 0.315 e. The first kappa shape index (κ1) is 10.4. The zero-order chi connectivity index (χ0) is 12.0. The molecule has 0 saturated heterocycles. The van der Waals surface area contributed by atoms with Crippen LogP contribution < -0.4 is 0 Å². The van der Waals surface area contributed by atoms with Gasteiger partial charge in [0.2, 0.25) is 0 Å². The molecule has 0 aliphatic heterocycles. The molecule has 1 unspecified atom stereocenters. The average Bonchev–Trinajstić information content (AvgIpc) is 2.70. The Morgan fingerprint density at radius 3 is 2.94 bits per heavy atom. The van der Waals surface area contributed by atoms with E-state index in [0.717, 1.165) is 24.1 Å². The molecule has 1 heterocycles. The monoisotopic (exact) mass is 229 g/mol. The number of fused-ring (bicyclic) bond motifs is 3. The van der Waals surface area contributed by atoms with Gasteiger partial charge >= 0.3 is 5.97 Å².